The Morgan fingerprint density at radius 3 is 2.67 bits per heavy atom. The summed E-state index contributed by atoms with van der Waals surface area (Å²) in [6.07, 6.45) is 0.727. The number of carbonyl (C=O) groups is 3. The number of anilines is 1. The fourth-order valence-electron chi connectivity index (χ4n) is 3.54. The van der Waals surface area contributed by atoms with E-state index >= 15 is 0 Å². The lowest BCUT2D eigenvalue weighted by Gasteiger charge is -2.18. The molecule has 0 radical (unpaired) electrons. The van der Waals surface area contributed by atoms with E-state index in [1.165, 1.54) is 0 Å². The summed E-state index contributed by atoms with van der Waals surface area (Å²) in [6, 6.07) is 12.6. The first-order valence-electron chi connectivity index (χ1n) is 8.26. The zero-order chi connectivity index (χ0) is 19.0. The van der Waals surface area contributed by atoms with Crippen LogP contribution in [0.5, 0.6) is 5.75 Å². The van der Waals surface area contributed by atoms with Crippen LogP contribution in [-0.2, 0) is 4.79 Å². The van der Waals surface area contributed by atoms with Gasteiger partial charge in [0.1, 0.15) is 5.75 Å². The van der Waals surface area contributed by atoms with E-state index in [9.17, 15) is 14.4 Å². The average Bonchev–Trinajstić information content (AvgIpc) is 3.32. The Balaban J connectivity index is 1.88. The Bertz CT molecular complexity index is 1060. The quantitative estimate of drug-likeness (QED) is 0.475. The van der Waals surface area contributed by atoms with Crippen LogP contribution in [0.2, 0.25) is 0 Å². The highest BCUT2D eigenvalue weighted by Crippen LogP contribution is 2.46. The highest BCUT2D eigenvalue weighted by molar-refractivity contribution is 7.15. The van der Waals surface area contributed by atoms with Crippen LogP contribution in [0.3, 0.4) is 0 Å². The molecule has 0 spiro atoms. The van der Waals surface area contributed by atoms with Crippen molar-refractivity contribution in [2.24, 2.45) is 0 Å². The topological polar surface area (TPSA) is 63.7 Å². The number of hydrogen-bond acceptors (Lipinski definition) is 5. The molecule has 0 N–H and O–H groups in total. The van der Waals surface area contributed by atoms with Crippen LogP contribution < -0.4 is 9.64 Å². The van der Waals surface area contributed by atoms with Crippen molar-refractivity contribution >= 4 is 58.1 Å². The maximum atomic E-state index is 13.1. The third-order valence-corrected chi connectivity index (χ3v) is 6.06. The van der Waals surface area contributed by atoms with Crippen molar-refractivity contribution in [2.75, 3.05) is 17.3 Å². The molecule has 2 aromatic carbocycles. The van der Waals surface area contributed by atoms with Gasteiger partial charge in [0.15, 0.2) is 6.29 Å². The summed E-state index contributed by atoms with van der Waals surface area (Å²) in [4.78, 5) is 37.6. The number of carbonyl (C=O) groups excluding carboxylic acids is 3. The van der Waals surface area contributed by atoms with Crippen molar-refractivity contribution in [3.8, 4) is 5.75 Å². The summed E-state index contributed by atoms with van der Waals surface area (Å²) >= 11 is 7.36. The summed E-state index contributed by atoms with van der Waals surface area (Å²) in [7, 11) is 0. The largest absolute Gasteiger partial charge is 0.428 e. The zero-order valence-corrected chi connectivity index (χ0v) is 15.6. The lowest BCUT2D eigenvalue weighted by Crippen LogP contribution is -2.29. The first-order chi connectivity index (χ1) is 13.2. The first-order valence-corrected chi connectivity index (χ1v) is 9.61. The Labute approximate surface area is 164 Å². The van der Waals surface area contributed by atoms with Gasteiger partial charge >= 0.3 is 0 Å². The molecule has 7 heteroatoms. The number of rotatable bonds is 5. The van der Waals surface area contributed by atoms with Gasteiger partial charge in [0, 0.05) is 29.8 Å². The van der Waals surface area contributed by atoms with Gasteiger partial charge in [-0.05, 0) is 23.1 Å². The van der Waals surface area contributed by atoms with E-state index in [-0.39, 0.29) is 11.8 Å². The molecule has 1 aromatic heterocycles. The van der Waals surface area contributed by atoms with E-state index in [2.05, 4.69) is 0 Å². The molecule has 27 heavy (non-hydrogen) atoms. The van der Waals surface area contributed by atoms with E-state index in [4.69, 9.17) is 16.3 Å². The first kappa shape index (κ1) is 17.7. The van der Waals surface area contributed by atoms with Crippen molar-refractivity contribution < 1.29 is 19.1 Å². The maximum absolute atomic E-state index is 13.1. The highest BCUT2D eigenvalue weighted by Gasteiger charge is 2.35. The molecule has 5 nitrogen and oxygen atoms in total. The molecule has 0 bridgehead atoms. The molecule has 0 saturated heterocycles. The SMILES string of the molecule is O=COc1cc2c(c3ccccc13)C(CCl)CN2C(=O)c1ccc(C=O)s1. The van der Waals surface area contributed by atoms with Crippen LogP contribution in [0.25, 0.3) is 10.8 Å². The second-order valence-corrected chi connectivity index (χ2v) is 7.58. The van der Waals surface area contributed by atoms with Crippen molar-refractivity contribution in [1.29, 1.82) is 0 Å². The van der Waals surface area contributed by atoms with Crippen molar-refractivity contribution in [3.05, 3.63) is 57.8 Å². The maximum Gasteiger partial charge on any atom is 0.298 e. The Morgan fingerprint density at radius 2 is 2.00 bits per heavy atom. The number of ether oxygens (including phenoxy) is 1. The number of fused-ring (bicyclic) bond motifs is 3. The van der Waals surface area contributed by atoms with Gasteiger partial charge in [-0.25, -0.2) is 0 Å². The zero-order valence-electron chi connectivity index (χ0n) is 14.1. The predicted octanol–water partition coefficient (Wildman–Crippen LogP) is 4.23. The minimum Gasteiger partial charge on any atom is -0.428 e. The molecule has 1 amide bonds. The molecule has 1 aliphatic heterocycles. The molecule has 1 atom stereocenters. The summed E-state index contributed by atoms with van der Waals surface area (Å²) in [6.45, 7) is 0.810. The van der Waals surface area contributed by atoms with Gasteiger partial charge in [-0.3, -0.25) is 14.4 Å². The van der Waals surface area contributed by atoms with Crippen LogP contribution in [-0.4, -0.2) is 31.1 Å². The molecule has 2 heterocycles. The van der Waals surface area contributed by atoms with Crippen LogP contribution in [0, 0.1) is 0 Å². The number of thiophene rings is 1. The van der Waals surface area contributed by atoms with Gasteiger partial charge in [-0.1, -0.05) is 24.3 Å². The number of halogens is 1. The third kappa shape index (κ3) is 2.91. The average molecular weight is 400 g/mol. The van der Waals surface area contributed by atoms with Gasteiger partial charge in [-0.2, -0.15) is 0 Å². The number of nitrogens with zero attached hydrogens (tertiary/aromatic N) is 1. The van der Waals surface area contributed by atoms with Crippen LogP contribution in [0.1, 0.15) is 30.8 Å². The van der Waals surface area contributed by atoms with E-state index in [1.807, 2.05) is 24.3 Å². The lowest BCUT2D eigenvalue weighted by atomic mass is 9.95. The fraction of sp³-hybridized carbons (Fsp3) is 0.150. The third-order valence-electron chi connectivity index (χ3n) is 4.69. The lowest BCUT2D eigenvalue weighted by molar-refractivity contribution is -0.120. The number of aldehydes is 1. The minimum atomic E-state index is -0.200. The van der Waals surface area contributed by atoms with Crippen LogP contribution in [0.15, 0.2) is 42.5 Å². The summed E-state index contributed by atoms with van der Waals surface area (Å²) in [5, 5.41) is 1.71. The Hall–Kier alpha value is -2.70. The molecular weight excluding hydrogens is 386 g/mol. The van der Waals surface area contributed by atoms with E-state index in [0.717, 1.165) is 34.0 Å². The van der Waals surface area contributed by atoms with Gasteiger partial charge in [0.05, 0.1) is 15.4 Å². The number of alkyl halides is 1. The molecule has 0 fully saturated rings. The standard InChI is InChI=1S/C20H14ClNO4S/c21-8-12-9-22(20(25)18-6-5-13(10-23)27-18)16-7-17(26-11-24)14-3-1-2-4-15(14)19(12)16/h1-7,10-12H,8-9H2. The normalized spacial score (nSPS) is 15.6. The highest BCUT2D eigenvalue weighted by atomic mass is 35.5. The summed E-state index contributed by atoms with van der Waals surface area (Å²) in [5.41, 5.74) is 1.65. The van der Waals surface area contributed by atoms with Crippen molar-refractivity contribution in [3.63, 3.8) is 0 Å². The van der Waals surface area contributed by atoms with E-state index < -0.39 is 0 Å². The fourth-order valence-corrected chi connectivity index (χ4v) is 4.57. The van der Waals surface area contributed by atoms with Gasteiger partial charge < -0.3 is 9.64 Å². The number of amides is 1. The monoisotopic (exact) mass is 399 g/mol. The van der Waals surface area contributed by atoms with Crippen molar-refractivity contribution in [2.45, 2.75) is 5.92 Å². The van der Waals surface area contributed by atoms with Crippen LogP contribution >= 0.6 is 22.9 Å². The number of hydrogen-bond donors (Lipinski definition) is 0. The van der Waals surface area contributed by atoms with Crippen molar-refractivity contribution in [1.82, 2.24) is 0 Å². The second kappa shape index (κ2) is 7.13. The molecule has 1 aliphatic rings. The van der Waals surface area contributed by atoms with Gasteiger partial charge in [0.2, 0.25) is 0 Å². The molecule has 136 valence electrons. The number of benzene rings is 2. The summed E-state index contributed by atoms with van der Waals surface area (Å²) < 4.78 is 5.17. The molecule has 1 unspecified atom stereocenters. The Kier molecular flexibility index (Phi) is 4.68. The van der Waals surface area contributed by atoms with Gasteiger partial charge in [-0.15, -0.1) is 22.9 Å². The van der Waals surface area contributed by atoms with E-state index in [1.54, 1.807) is 23.1 Å². The van der Waals surface area contributed by atoms with E-state index in [0.29, 0.717) is 40.1 Å². The molecular formula is C20H14ClNO4S. The Morgan fingerprint density at radius 1 is 1.22 bits per heavy atom. The summed E-state index contributed by atoms with van der Waals surface area (Å²) in [5.74, 6) is 0.520. The minimum absolute atomic E-state index is 0.0358. The van der Waals surface area contributed by atoms with Gasteiger partial charge in [0.25, 0.3) is 12.4 Å². The predicted molar refractivity (Wildman–Crippen MR) is 105 cm³/mol. The smallest absolute Gasteiger partial charge is 0.298 e. The molecule has 3 aromatic rings. The second-order valence-electron chi connectivity index (χ2n) is 6.15. The van der Waals surface area contributed by atoms with Crippen LogP contribution in [0.4, 0.5) is 5.69 Å². The molecule has 0 aliphatic carbocycles. The molecule has 4 rings (SSSR count). The molecule has 0 saturated carbocycles.